The number of Topliss-reactive ketones (excluding diaryl/α,β-unsaturated/α-hetero) is 1. The number of hydrogen-bond acceptors (Lipinski definition) is 4. The van der Waals surface area contributed by atoms with Crippen LogP contribution in [0.5, 0.6) is 0 Å². The van der Waals surface area contributed by atoms with E-state index in [1.165, 1.54) is 7.11 Å². The van der Waals surface area contributed by atoms with Crippen molar-refractivity contribution in [1.82, 2.24) is 10.3 Å². The molecule has 0 saturated carbocycles. The van der Waals surface area contributed by atoms with E-state index in [0.29, 0.717) is 16.6 Å². The second-order valence-corrected chi connectivity index (χ2v) is 6.72. The third-order valence-electron chi connectivity index (χ3n) is 4.71. The van der Waals surface area contributed by atoms with Crippen molar-refractivity contribution in [3.63, 3.8) is 0 Å². The Labute approximate surface area is 162 Å². The third-order valence-corrected chi connectivity index (χ3v) is 4.71. The van der Waals surface area contributed by atoms with Gasteiger partial charge in [-0.1, -0.05) is 48.0 Å². The predicted octanol–water partition coefficient (Wildman–Crippen LogP) is 3.39. The highest BCUT2D eigenvalue weighted by Crippen LogP contribution is 2.23. The van der Waals surface area contributed by atoms with Crippen LogP contribution < -0.4 is 5.32 Å². The van der Waals surface area contributed by atoms with Crippen LogP contribution in [-0.2, 0) is 14.3 Å². The molecule has 0 aliphatic heterocycles. The molecular weight excluding hydrogens is 356 g/mol. The van der Waals surface area contributed by atoms with E-state index in [0.717, 1.165) is 16.6 Å². The molecule has 0 aliphatic carbocycles. The maximum Gasteiger partial charge on any atom is 0.307 e. The first-order valence-electron chi connectivity index (χ1n) is 8.96. The zero-order chi connectivity index (χ0) is 20.3. The molecule has 6 heteroatoms. The number of aromatic amines is 1. The molecule has 2 aromatic carbocycles. The Morgan fingerprint density at radius 1 is 1.04 bits per heavy atom. The van der Waals surface area contributed by atoms with Crippen molar-refractivity contribution in [2.24, 2.45) is 0 Å². The van der Waals surface area contributed by atoms with E-state index in [-0.39, 0.29) is 6.42 Å². The fourth-order valence-electron chi connectivity index (χ4n) is 3.21. The Morgan fingerprint density at radius 2 is 1.71 bits per heavy atom. The number of methoxy groups -OCH3 is 1. The fourth-order valence-corrected chi connectivity index (χ4v) is 3.21. The number of para-hydroxylation sites is 1. The summed E-state index contributed by atoms with van der Waals surface area (Å²) >= 11 is 0. The summed E-state index contributed by atoms with van der Waals surface area (Å²) in [6.45, 7) is 3.70. The van der Waals surface area contributed by atoms with Crippen LogP contribution in [0.15, 0.2) is 48.5 Å². The van der Waals surface area contributed by atoms with Crippen molar-refractivity contribution in [2.75, 3.05) is 7.11 Å². The molecular formula is C22H22N2O4. The number of ketones is 1. The van der Waals surface area contributed by atoms with E-state index >= 15 is 0 Å². The Kier molecular flexibility index (Phi) is 5.59. The monoisotopic (exact) mass is 378 g/mol. The lowest BCUT2D eigenvalue weighted by Gasteiger charge is -2.18. The molecule has 1 unspecified atom stereocenters. The lowest BCUT2D eigenvalue weighted by atomic mass is 10.0. The molecule has 1 heterocycles. The number of nitrogens with one attached hydrogen (secondary N) is 2. The van der Waals surface area contributed by atoms with E-state index in [9.17, 15) is 14.4 Å². The topological polar surface area (TPSA) is 88.3 Å². The largest absolute Gasteiger partial charge is 0.469 e. The number of aromatic nitrogens is 1. The van der Waals surface area contributed by atoms with Gasteiger partial charge in [-0.25, -0.2) is 0 Å². The fraction of sp³-hybridized carbons (Fsp3) is 0.227. The number of aryl methyl sites for hydroxylation is 2. The number of carbonyl (C=O) groups is 3. The summed E-state index contributed by atoms with van der Waals surface area (Å²) < 4.78 is 4.74. The van der Waals surface area contributed by atoms with Crippen molar-refractivity contribution in [1.29, 1.82) is 0 Å². The lowest BCUT2D eigenvalue weighted by molar-refractivity contribution is -0.141. The Morgan fingerprint density at radius 3 is 2.39 bits per heavy atom. The van der Waals surface area contributed by atoms with Gasteiger partial charge in [0.15, 0.2) is 0 Å². The first kappa shape index (κ1) is 19.4. The first-order valence-corrected chi connectivity index (χ1v) is 8.96. The van der Waals surface area contributed by atoms with Gasteiger partial charge in [0.1, 0.15) is 0 Å². The lowest BCUT2D eigenvalue weighted by Crippen LogP contribution is -2.35. The van der Waals surface area contributed by atoms with Gasteiger partial charge < -0.3 is 15.0 Å². The number of benzene rings is 2. The molecule has 0 fully saturated rings. The minimum absolute atomic E-state index is 0.0640. The minimum atomic E-state index is -0.762. The summed E-state index contributed by atoms with van der Waals surface area (Å²) in [7, 11) is 1.29. The molecule has 0 spiro atoms. The number of esters is 1. The summed E-state index contributed by atoms with van der Waals surface area (Å²) in [6, 6.07) is 14.1. The summed E-state index contributed by atoms with van der Waals surface area (Å²) in [5, 5.41) is 3.39. The number of rotatable bonds is 6. The molecule has 6 nitrogen and oxygen atoms in total. The predicted molar refractivity (Wildman–Crippen MR) is 106 cm³/mol. The summed E-state index contributed by atoms with van der Waals surface area (Å²) in [4.78, 5) is 40.5. The van der Waals surface area contributed by atoms with Gasteiger partial charge in [-0.05, 0) is 25.5 Å². The van der Waals surface area contributed by atoms with Gasteiger partial charge >= 0.3 is 5.97 Å². The number of carbonyl (C=O) groups excluding carboxylic acids is 3. The molecule has 0 bridgehead atoms. The van der Waals surface area contributed by atoms with Gasteiger partial charge in [0.25, 0.3) is 11.7 Å². The van der Waals surface area contributed by atoms with Gasteiger partial charge in [0.05, 0.1) is 25.1 Å². The number of amides is 1. The van der Waals surface area contributed by atoms with Crippen LogP contribution in [0, 0.1) is 13.8 Å². The average molecular weight is 378 g/mol. The average Bonchev–Trinajstić information content (AvgIpc) is 3.02. The Bertz CT molecular complexity index is 1030. The Balaban J connectivity index is 1.88. The van der Waals surface area contributed by atoms with Crippen LogP contribution in [0.2, 0.25) is 0 Å². The summed E-state index contributed by atoms with van der Waals surface area (Å²) in [5.41, 5.74) is 3.54. The summed E-state index contributed by atoms with van der Waals surface area (Å²) in [6.07, 6.45) is -0.0640. The number of ether oxygens (including phenoxy) is 1. The van der Waals surface area contributed by atoms with Gasteiger partial charge in [0.2, 0.25) is 0 Å². The maximum absolute atomic E-state index is 12.9. The van der Waals surface area contributed by atoms with Crippen molar-refractivity contribution in [2.45, 2.75) is 26.3 Å². The van der Waals surface area contributed by atoms with Crippen LogP contribution >= 0.6 is 0 Å². The van der Waals surface area contributed by atoms with Crippen molar-refractivity contribution in [3.8, 4) is 0 Å². The zero-order valence-corrected chi connectivity index (χ0v) is 16.0. The highest BCUT2D eigenvalue weighted by atomic mass is 16.5. The number of fused-ring (bicyclic) bond motifs is 1. The molecule has 0 aliphatic rings. The van der Waals surface area contributed by atoms with Crippen LogP contribution in [0.25, 0.3) is 10.9 Å². The van der Waals surface area contributed by atoms with E-state index < -0.39 is 23.7 Å². The molecule has 0 radical (unpaired) electrons. The number of hydrogen-bond donors (Lipinski definition) is 2. The smallest absolute Gasteiger partial charge is 0.307 e. The van der Waals surface area contributed by atoms with Gasteiger partial charge in [-0.2, -0.15) is 0 Å². The molecule has 2 N–H and O–H groups in total. The van der Waals surface area contributed by atoms with E-state index in [1.54, 1.807) is 13.0 Å². The molecule has 0 saturated heterocycles. The van der Waals surface area contributed by atoms with Gasteiger partial charge in [-0.15, -0.1) is 0 Å². The molecule has 28 heavy (non-hydrogen) atoms. The molecule has 1 atom stereocenters. The normalized spacial score (nSPS) is 11.8. The van der Waals surface area contributed by atoms with Crippen LogP contribution in [0.3, 0.4) is 0 Å². The molecule has 3 aromatic rings. The molecule has 1 aromatic heterocycles. The van der Waals surface area contributed by atoms with Crippen molar-refractivity contribution >= 4 is 28.6 Å². The minimum Gasteiger partial charge on any atom is -0.469 e. The molecule has 144 valence electrons. The van der Waals surface area contributed by atoms with E-state index in [2.05, 4.69) is 10.3 Å². The maximum atomic E-state index is 12.9. The SMILES string of the molecule is COC(=O)CC(NC(=O)C(=O)c1c(C)[nH]c2ccccc12)c1ccc(C)cc1. The van der Waals surface area contributed by atoms with E-state index in [4.69, 9.17) is 4.74 Å². The summed E-state index contributed by atoms with van der Waals surface area (Å²) in [5.74, 6) is -1.87. The standard InChI is InChI=1S/C22H22N2O4/c1-13-8-10-15(11-9-13)18(12-19(25)28-3)24-22(27)21(26)20-14(2)23-17-7-5-4-6-16(17)20/h4-11,18,23H,12H2,1-3H3,(H,24,27). The quantitative estimate of drug-likeness (QED) is 0.391. The van der Waals surface area contributed by atoms with E-state index in [1.807, 2.05) is 49.4 Å². The zero-order valence-electron chi connectivity index (χ0n) is 16.0. The van der Waals surface area contributed by atoms with Crippen LogP contribution in [0.4, 0.5) is 0 Å². The Hall–Kier alpha value is -3.41. The molecule has 3 rings (SSSR count). The first-order chi connectivity index (χ1) is 13.4. The number of H-pyrrole nitrogens is 1. The van der Waals surface area contributed by atoms with Gasteiger partial charge in [0, 0.05) is 16.6 Å². The second kappa shape index (κ2) is 8.08. The van der Waals surface area contributed by atoms with Gasteiger partial charge in [-0.3, -0.25) is 14.4 Å². The van der Waals surface area contributed by atoms with Crippen LogP contribution in [-0.4, -0.2) is 29.8 Å². The van der Waals surface area contributed by atoms with Crippen LogP contribution in [0.1, 0.15) is 39.6 Å². The highest BCUT2D eigenvalue weighted by Gasteiger charge is 2.26. The molecule has 1 amide bonds. The second-order valence-electron chi connectivity index (χ2n) is 6.72. The third kappa shape index (κ3) is 3.96. The van der Waals surface area contributed by atoms with Crippen molar-refractivity contribution in [3.05, 3.63) is 70.9 Å². The highest BCUT2D eigenvalue weighted by molar-refractivity contribution is 6.45. The van der Waals surface area contributed by atoms with Crippen molar-refractivity contribution < 1.29 is 19.1 Å².